The van der Waals surface area contributed by atoms with E-state index < -0.39 is 23.3 Å². The minimum atomic E-state index is -4.68. The molecule has 0 heterocycles. The second-order valence-corrected chi connectivity index (χ2v) is 4.15. The molecule has 0 amide bonds. The van der Waals surface area contributed by atoms with Gasteiger partial charge in [0.15, 0.2) is 0 Å². The Bertz CT molecular complexity index is 464. The summed E-state index contributed by atoms with van der Waals surface area (Å²) in [6, 6.07) is 2.53. The third-order valence-electron chi connectivity index (χ3n) is 2.32. The Balaban J connectivity index is 0.00000361. The molecule has 0 aromatic heterocycles. The summed E-state index contributed by atoms with van der Waals surface area (Å²) in [7, 11) is 3.51. The fourth-order valence-corrected chi connectivity index (χ4v) is 1.34. The second-order valence-electron chi connectivity index (χ2n) is 4.15. The number of carbonyl (C=O) groups excluding carboxylic acids is 1. The van der Waals surface area contributed by atoms with Crippen LogP contribution in [0.2, 0.25) is 0 Å². The number of alkyl halides is 3. The van der Waals surface area contributed by atoms with Crippen LogP contribution in [0.3, 0.4) is 0 Å². The van der Waals surface area contributed by atoms with E-state index in [1.54, 1.807) is 19.0 Å². The van der Waals surface area contributed by atoms with Crippen LogP contribution in [0, 0.1) is 0 Å². The molecule has 0 saturated heterocycles. The monoisotopic (exact) mass is 283 g/mol. The molecule has 20 heavy (non-hydrogen) atoms. The Labute approximate surface area is 126 Å². The van der Waals surface area contributed by atoms with Crippen molar-refractivity contribution in [3.63, 3.8) is 0 Å². The molecule has 8 heteroatoms. The Morgan fingerprint density at radius 3 is 2.40 bits per heavy atom. The van der Waals surface area contributed by atoms with E-state index in [0.29, 0.717) is 12.6 Å². The molecule has 0 N–H and O–H groups in total. The summed E-state index contributed by atoms with van der Waals surface area (Å²) in [5.41, 5.74) is -1.65. The Morgan fingerprint density at radius 1 is 1.35 bits per heavy atom. The van der Waals surface area contributed by atoms with Crippen molar-refractivity contribution in [3.8, 4) is 5.75 Å². The number of benzene rings is 1. The molecule has 0 radical (unpaired) electrons. The van der Waals surface area contributed by atoms with E-state index in [1.165, 1.54) is 0 Å². The van der Waals surface area contributed by atoms with E-state index in [1.807, 2.05) is 0 Å². The number of hydrogen-bond donors (Lipinski definition) is 0. The molecule has 0 atom stereocenters. The number of nitrogens with zero attached hydrogens (tertiary/aromatic N) is 1. The Morgan fingerprint density at radius 2 is 1.95 bits per heavy atom. The molecule has 1 rings (SSSR count). The predicted molar refractivity (Wildman–Crippen MR) is 59.8 cm³/mol. The molecule has 0 aliphatic heterocycles. The zero-order chi connectivity index (χ0) is 14.6. The van der Waals surface area contributed by atoms with Crippen molar-refractivity contribution in [2.75, 3.05) is 27.2 Å². The third kappa shape index (κ3) is 5.45. The van der Waals surface area contributed by atoms with Gasteiger partial charge in [-0.3, -0.25) is 0 Å². The number of carboxylic acids is 1. The summed E-state index contributed by atoms with van der Waals surface area (Å²) in [5.74, 6) is -2.05. The topological polar surface area (TPSA) is 52.6 Å². The summed E-state index contributed by atoms with van der Waals surface area (Å²) in [5, 5.41) is 10.6. The van der Waals surface area contributed by atoms with Crippen LogP contribution in [0.4, 0.5) is 13.2 Å². The van der Waals surface area contributed by atoms with Crippen molar-refractivity contribution in [2.45, 2.75) is 6.18 Å². The number of carboxylic acid groups (broad SMARTS) is 1. The molecular weight excluding hydrogens is 270 g/mol. The van der Waals surface area contributed by atoms with Gasteiger partial charge in [-0.15, -0.1) is 0 Å². The minimum Gasteiger partial charge on any atom is -0.545 e. The van der Waals surface area contributed by atoms with Gasteiger partial charge in [0.05, 0.1) is 11.5 Å². The van der Waals surface area contributed by atoms with Crippen LogP contribution in [0.5, 0.6) is 5.75 Å². The molecule has 0 saturated carbocycles. The fraction of sp³-hybridized carbons (Fsp3) is 0.417. The molecule has 0 bridgehead atoms. The van der Waals surface area contributed by atoms with E-state index in [4.69, 9.17) is 4.74 Å². The number of carbonyl (C=O) groups is 1. The second kappa shape index (κ2) is 7.58. The predicted octanol–water partition coefficient (Wildman–Crippen LogP) is -1.99. The van der Waals surface area contributed by atoms with E-state index in [9.17, 15) is 23.1 Å². The molecule has 106 valence electrons. The summed E-state index contributed by atoms with van der Waals surface area (Å²) in [4.78, 5) is 12.3. The molecule has 0 spiro atoms. The van der Waals surface area contributed by atoms with Crippen molar-refractivity contribution in [1.82, 2.24) is 4.90 Å². The first-order valence-corrected chi connectivity index (χ1v) is 5.42. The van der Waals surface area contributed by atoms with Gasteiger partial charge >= 0.3 is 25.0 Å². The molecule has 4 nitrogen and oxygen atoms in total. The van der Waals surface area contributed by atoms with Crippen molar-refractivity contribution in [3.05, 3.63) is 29.3 Å². The molecule has 1 aromatic rings. The van der Waals surface area contributed by atoms with Crippen molar-refractivity contribution in [1.29, 1.82) is 0 Å². The van der Waals surface area contributed by atoms with Gasteiger partial charge in [-0.25, -0.2) is 0 Å². The maximum absolute atomic E-state index is 12.8. The van der Waals surface area contributed by atoms with Crippen LogP contribution in [0.25, 0.3) is 0 Å². The first kappa shape index (κ1) is 18.8. The zero-order valence-corrected chi connectivity index (χ0v) is 11.5. The molecule has 0 aliphatic rings. The van der Waals surface area contributed by atoms with Crippen LogP contribution < -0.4 is 28.7 Å². The number of hydrogen-bond acceptors (Lipinski definition) is 4. The summed E-state index contributed by atoms with van der Waals surface area (Å²) < 4.78 is 43.4. The first-order chi connectivity index (χ1) is 8.71. The average Bonchev–Trinajstić information content (AvgIpc) is 2.27. The number of likely N-dealkylation sites (N-methyl/N-ethyl adjacent to an activating group) is 1. The van der Waals surface area contributed by atoms with Crippen LogP contribution in [0.1, 0.15) is 15.9 Å². The number of rotatable bonds is 5. The van der Waals surface area contributed by atoms with E-state index in [0.717, 1.165) is 12.1 Å². The van der Waals surface area contributed by atoms with Crippen molar-refractivity contribution >= 4 is 5.97 Å². The Hall–Kier alpha value is -1.16. The minimum absolute atomic E-state index is 0. The van der Waals surface area contributed by atoms with Crippen LogP contribution in [-0.2, 0) is 6.18 Å². The van der Waals surface area contributed by atoms with Gasteiger partial charge < -0.3 is 19.5 Å². The largest absolute Gasteiger partial charge is 1.00 e. The molecule has 0 fully saturated rings. The van der Waals surface area contributed by atoms with Crippen LogP contribution in [0.15, 0.2) is 18.2 Å². The Kier molecular flexibility index (Phi) is 7.13. The zero-order valence-electron chi connectivity index (χ0n) is 11.5. The smallest absolute Gasteiger partial charge is 0.545 e. The average molecular weight is 283 g/mol. The molecule has 0 unspecified atom stereocenters. The van der Waals surface area contributed by atoms with E-state index in [2.05, 4.69) is 0 Å². The van der Waals surface area contributed by atoms with Crippen molar-refractivity contribution < 1.29 is 46.7 Å². The maximum atomic E-state index is 12.8. The molecule has 1 aromatic carbocycles. The summed E-state index contributed by atoms with van der Waals surface area (Å²) in [6.45, 7) is 0.514. The third-order valence-corrected chi connectivity index (χ3v) is 2.32. The SMILES string of the molecule is CN(C)CCOc1ccc(C(=O)[O-])cc1C(F)(F)F.[Li+]. The van der Waals surface area contributed by atoms with Crippen LogP contribution >= 0.6 is 0 Å². The summed E-state index contributed by atoms with van der Waals surface area (Å²) in [6.07, 6.45) is -4.68. The first-order valence-electron chi connectivity index (χ1n) is 5.42. The van der Waals surface area contributed by atoms with Gasteiger partial charge in [-0.05, 0) is 37.9 Å². The number of aromatic carboxylic acids is 1. The van der Waals surface area contributed by atoms with Gasteiger partial charge in [0.1, 0.15) is 12.4 Å². The van der Waals surface area contributed by atoms with Gasteiger partial charge in [0, 0.05) is 6.54 Å². The fourth-order valence-electron chi connectivity index (χ4n) is 1.34. The molecular formula is C12H13F3LiNO3. The van der Waals surface area contributed by atoms with Gasteiger partial charge in [-0.1, -0.05) is 0 Å². The molecule has 0 aliphatic carbocycles. The van der Waals surface area contributed by atoms with E-state index in [-0.39, 0.29) is 31.2 Å². The maximum Gasteiger partial charge on any atom is 1.00 e. The van der Waals surface area contributed by atoms with Gasteiger partial charge in [0.25, 0.3) is 0 Å². The standard InChI is InChI=1S/C12H14F3NO3.Li/c1-16(2)5-6-19-10-4-3-8(11(17)18)7-9(10)12(13,14)15;/h3-4,7H,5-6H2,1-2H3,(H,17,18);/q;+1/p-1. The van der Waals surface area contributed by atoms with Crippen molar-refractivity contribution in [2.24, 2.45) is 0 Å². The summed E-state index contributed by atoms with van der Waals surface area (Å²) >= 11 is 0. The number of halogens is 3. The quantitative estimate of drug-likeness (QED) is 0.587. The van der Waals surface area contributed by atoms with Gasteiger partial charge in [0.2, 0.25) is 0 Å². The van der Waals surface area contributed by atoms with Crippen LogP contribution in [-0.4, -0.2) is 38.1 Å². The van der Waals surface area contributed by atoms with Gasteiger partial charge in [-0.2, -0.15) is 13.2 Å². The number of ether oxygens (including phenoxy) is 1. The normalized spacial score (nSPS) is 11.1. The van der Waals surface area contributed by atoms with E-state index >= 15 is 0 Å².